The van der Waals surface area contributed by atoms with Gasteiger partial charge in [0, 0.05) is 35.6 Å². The van der Waals surface area contributed by atoms with Crippen molar-refractivity contribution in [1.29, 1.82) is 0 Å². The van der Waals surface area contributed by atoms with E-state index in [1.807, 2.05) is 24.3 Å². The molecule has 0 atom stereocenters. The van der Waals surface area contributed by atoms with Gasteiger partial charge >= 0.3 is 0 Å². The monoisotopic (exact) mass is 491 g/mol. The summed E-state index contributed by atoms with van der Waals surface area (Å²) in [6.45, 7) is 0. The minimum atomic E-state index is -0.577. The Kier molecular flexibility index (Phi) is 4.74. The zero-order valence-electron chi connectivity index (χ0n) is 19.2. The van der Waals surface area contributed by atoms with Crippen LogP contribution in [-0.4, -0.2) is 46.0 Å². The highest BCUT2D eigenvalue weighted by molar-refractivity contribution is 5.97. The Hall–Kier alpha value is -5.06. The summed E-state index contributed by atoms with van der Waals surface area (Å²) >= 11 is 0. The highest BCUT2D eigenvalue weighted by atomic mass is 19.1. The molecule has 0 radical (unpaired) electrons. The first-order chi connectivity index (χ1) is 18.2. The van der Waals surface area contributed by atoms with Gasteiger partial charge in [0.1, 0.15) is 11.4 Å². The molecule has 6 aromatic heterocycles. The van der Waals surface area contributed by atoms with Gasteiger partial charge in [0.05, 0.1) is 40.2 Å². The molecule has 0 spiro atoms. The van der Waals surface area contributed by atoms with Crippen LogP contribution >= 0.6 is 0 Å². The molecule has 7 rings (SSSR count). The summed E-state index contributed by atoms with van der Waals surface area (Å²) in [6, 6.07) is 9.15. The lowest BCUT2D eigenvalue weighted by atomic mass is 10.1. The highest BCUT2D eigenvalue weighted by Crippen LogP contribution is 2.34. The van der Waals surface area contributed by atoms with E-state index in [1.54, 1.807) is 18.5 Å². The van der Waals surface area contributed by atoms with Crippen LogP contribution < -0.4 is 5.32 Å². The van der Waals surface area contributed by atoms with Crippen molar-refractivity contribution in [2.24, 2.45) is 5.92 Å². The number of anilines is 1. The maximum atomic E-state index is 16.0. The molecule has 10 nitrogen and oxygen atoms in total. The molecule has 0 unspecified atom stereocenters. The number of carbonyl (C=O) groups excluding carboxylic acids is 1. The molecular formula is C26H18FN9O. The fourth-order valence-electron chi connectivity index (χ4n) is 4.33. The van der Waals surface area contributed by atoms with Crippen molar-refractivity contribution < 1.29 is 9.18 Å². The zero-order valence-corrected chi connectivity index (χ0v) is 19.2. The molecule has 6 aromatic rings. The quantitative estimate of drug-likeness (QED) is 0.323. The molecule has 1 fully saturated rings. The highest BCUT2D eigenvalue weighted by Gasteiger charge is 2.29. The van der Waals surface area contributed by atoms with Crippen molar-refractivity contribution in [3.63, 3.8) is 0 Å². The maximum Gasteiger partial charge on any atom is 0.227 e. The molecular weight excluding hydrogens is 473 g/mol. The second kappa shape index (κ2) is 8.26. The number of H-pyrrole nitrogens is 2. The van der Waals surface area contributed by atoms with Crippen molar-refractivity contribution >= 4 is 33.7 Å². The lowest BCUT2D eigenvalue weighted by Gasteiger charge is -2.07. The number of hydrogen-bond donors (Lipinski definition) is 3. The van der Waals surface area contributed by atoms with Gasteiger partial charge in [-0.05, 0) is 37.1 Å². The molecule has 3 N–H and O–H groups in total. The fraction of sp³-hybridized carbons (Fsp3) is 0.115. The minimum Gasteiger partial charge on any atom is -0.335 e. The molecule has 0 saturated heterocycles. The molecule has 1 aliphatic carbocycles. The van der Waals surface area contributed by atoms with Gasteiger partial charge in [0.15, 0.2) is 17.3 Å². The van der Waals surface area contributed by atoms with Gasteiger partial charge in [-0.1, -0.05) is 6.07 Å². The number of aromatic amines is 2. The zero-order chi connectivity index (χ0) is 24.9. The Labute approximate surface area is 208 Å². The number of aromatic nitrogens is 8. The average molecular weight is 491 g/mol. The van der Waals surface area contributed by atoms with Gasteiger partial charge in [-0.2, -0.15) is 5.10 Å². The number of nitrogens with zero attached hydrogens (tertiary/aromatic N) is 6. The molecule has 0 aromatic carbocycles. The van der Waals surface area contributed by atoms with Gasteiger partial charge in [0.25, 0.3) is 0 Å². The number of fused-ring (bicyclic) bond motifs is 2. The summed E-state index contributed by atoms with van der Waals surface area (Å²) in [5.74, 6) is -0.229. The Bertz CT molecular complexity index is 1810. The number of hydrogen-bond acceptors (Lipinski definition) is 7. The van der Waals surface area contributed by atoms with Crippen LogP contribution in [0, 0.1) is 11.7 Å². The van der Waals surface area contributed by atoms with Crippen LogP contribution in [0.2, 0.25) is 0 Å². The number of amides is 1. The van der Waals surface area contributed by atoms with Gasteiger partial charge in [-0.3, -0.25) is 24.8 Å². The van der Waals surface area contributed by atoms with E-state index in [2.05, 4.69) is 45.4 Å². The van der Waals surface area contributed by atoms with E-state index in [-0.39, 0.29) is 22.9 Å². The van der Waals surface area contributed by atoms with Crippen LogP contribution in [0.15, 0.2) is 61.3 Å². The van der Waals surface area contributed by atoms with Crippen molar-refractivity contribution in [3.8, 4) is 34.0 Å². The number of imidazole rings is 1. The summed E-state index contributed by atoms with van der Waals surface area (Å²) in [7, 11) is 0. The molecule has 0 bridgehead atoms. The molecule has 180 valence electrons. The largest absolute Gasteiger partial charge is 0.335 e. The van der Waals surface area contributed by atoms with Gasteiger partial charge in [-0.15, -0.1) is 0 Å². The van der Waals surface area contributed by atoms with E-state index < -0.39 is 5.82 Å². The predicted octanol–water partition coefficient (Wildman–Crippen LogP) is 4.51. The Balaban J connectivity index is 1.32. The molecule has 1 aliphatic rings. The number of carbonyl (C=O) groups is 1. The van der Waals surface area contributed by atoms with Crippen molar-refractivity contribution in [3.05, 3.63) is 67.1 Å². The van der Waals surface area contributed by atoms with Crippen molar-refractivity contribution in [1.82, 2.24) is 40.1 Å². The Morgan fingerprint density at radius 3 is 2.78 bits per heavy atom. The number of halogens is 1. The topological polar surface area (TPSA) is 138 Å². The summed E-state index contributed by atoms with van der Waals surface area (Å²) in [5, 5.41) is 10.2. The van der Waals surface area contributed by atoms with Crippen molar-refractivity contribution in [2.75, 3.05) is 5.32 Å². The Morgan fingerprint density at radius 2 is 1.95 bits per heavy atom. The summed E-state index contributed by atoms with van der Waals surface area (Å²) in [5.41, 5.74) is 4.45. The van der Waals surface area contributed by atoms with E-state index >= 15 is 4.39 Å². The maximum absolute atomic E-state index is 16.0. The number of rotatable bonds is 5. The van der Waals surface area contributed by atoms with Gasteiger partial charge < -0.3 is 10.3 Å². The number of nitrogens with one attached hydrogen (secondary N) is 3. The average Bonchev–Trinajstić information content (AvgIpc) is 3.54. The van der Waals surface area contributed by atoms with E-state index in [0.29, 0.717) is 39.4 Å². The molecule has 1 saturated carbocycles. The number of pyridine rings is 4. The first-order valence-electron chi connectivity index (χ1n) is 11.7. The van der Waals surface area contributed by atoms with Crippen LogP contribution in [0.4, 0.5) is 10.1 Å². The van der Waals surface area contributed by atoms with Crippen LogP contribution in [-0.2, 0) is 4.79 Å². The van der Waals surface area contributed by atoms with E-state index in [9.17, 15) is 4.79 Å². The van der Waals surface area contributed by atoms with Gasteiger partial charge in [0.2, 0.25) is 5.91 Å². The lowest BCUT2D eigenvalue weighted by Crippen LogP contribution is -2.13. The second-order valence-electron chi connectivity index (χ2n) is 8.86. The second-order valence-corrected chi connectivity index (χ2v) is 8.86. The summed E-state index contributed by atoms with van der Waals surface area (Å²) < 4.78 is 16.0. The van der Waals surface area contributed by atoms with E-state index in [4.69, 9.17) is 0 Å². The van der Waals surface area contributed by atoms with Gasteiger partial charge in [-0.25, -0.2) is 14.4 Å². The third-order valence-corrected chi connectivity index (χ3v) is 6.33. The van der Waals surface area contributed by atoms with Crippen LogP contribution in [0.3, 0.4) is 0 Å². The third-order valence-electron chi connectivity index (χ3n) is 6.33. The fourth-order valence-corrected chi connectivity index (χ4v) is 4.33. The first-order valence-corrected chi connectivity index (χ1v) is 11.7. The normalized spacial score (nSPS) is 13.3. The van der Waals surface area contributed by atoms with E-state index in [0.717, 1.165) is 24.1 Å². The third kappa shape index (κ3) is 3.68. The standard InChI is InChI=1S/C26H18FN9O/c27-20-19-18(12-31-21(20)14-9-15(11-28-10-14)32-26(37)13-4-5-13)35-36-23(19)25-33-22-16(6-8-30-24(22)34-25)17-3-1-2-7-29-17/h1-3,6-13H,4-5H2,(H,32,37)(H,35,36)(H,30,33,34). The smallest absolute Gasteiger partial charge is 0.227 e. The Morgan fingerprint density at radius 1 is 1.03 bits per heavy atom. The predicted molar refractivity (Wildman–Crippen MR) is 135 cm³/mol. The lowest BCUT2D eigenvalue weighted by molar-refractivity contribution is -0.117. The SMILES string of the molecule is O=C(Nc1cncc(-c2ncc3[nH]nc(-c4nc5nccc(-c6ccccn6)c5[nH]4)c3c2F)c1)C1CC1. The van der Waals surface area contributed by atoms with E-state index in [1.165, 1.54) is 18.6 Å². The summed E-state index contributed by atoms with van der Waals surface area (Å²) in [6.07, 6.45) is 9.69. The molecule has 0 aliphatic heterocycles. The first kappa shape index (κ1) is 21.2. The molecule has 6 heterocycles. The molecule has 1 amide bonds. The minimum absolute atomic E-state index is 0.0415. The molecule has 37 heavy (non-hydrogen) atoms. The van der Waals surface area contributed by atoms with Crippen LogP contribution in [0.25, 0.3) is 56.1 Å². The van der Waals surface area contributed by atoms with Crippen molar-refractivity contribution in [2.45, 2.75) is 12.8 Å². The summed E-state index contributed by atoms with van der Waals surface area (Å²) in [4.78, 5) is 37.2. The molecule has 11 heteroatoms. The van der Waals surface area contributed by atoms with Crippen LogP contribution in [0.5, 0.6) is 0 Å². The van der Waals surface area contributed by atoms with Crippen LogP contribution in [0.1, 0.15) is 12.8 Å².